The number of hydrogen-bond acceptors (Lipinski definition) is 3. The van der Waals surface area contributed by atoms with Crippen LogP contribution in [0.2, 0.25) is 0 Å². The van der Waals surface area contributed by atoms with Crippen LogP contribution in [0.25, 0.3) is 0 Å². The van der Waals surface area contributed by atoms with Crippen LogP contribution in [0, 0.1) is 0 Å². The maximum absolute atomic E-state index is 12.6. The number of alkyl halides is 2. The molecule has 6 heteroatoms. The number of carboxylic acid groups (broad SMARTS) is 1. The molecule has 0 spiro atoms. The number of aliphatic hydroxyl groups excluding tert-OH is 1. The lowest BCUT2D eigenvalue weighted by atomic mass is 10.1. The number of halogens is 2. The Morgan fingerprint density at radius 1 is 1.46 bits per heavy atom. The minimum atomic E-state index is -3.89. The average molecular weight is 196 g/mol. The van der Waals surface area contributed by atoms with Crippen molar-refractivity contribution < 1.29 is 28.6 Å². The molecule has 0 aliphatic heterocycles. The number of Topliss-reactive ketones (excluding diaryl/α,β-unsaturated/α-hetero) is 1. The highest BCUT2D eigenvalue weighted by atomic mass is 19.3. The van der Waals surface area contributed by atoms with E-state index in [1.807, 2.05) is 0 Å². The Morgan fingerprint density at radius 2 is 1.92 bits per heavy atom. The molecule has 0 fully saturated rings. The maximum Gasteiger partial charge on any atom is 0.315 e. The van der Waals surface area contributed by atoms with E-state index in [1.54, 1.807) is 0 Å². The Balaban J connectivity index is 4.27. The van der Waals surface area contributed by atoms with Crippen LogP contribution in [0.5, 0.6) is 0 Å². The summed E-state index contributed by atoms with van der Waals surface area (Å²) >= 11 is 0. The molecule has 0 saturated heterocycles. The number of aliphatic hydroxyl groups is 1. The van der Waals surface area contributed by atoms with Crippen LogP contribution in [0.1, 0.15) is 19.8 Å². The molecule has 2 N–H and O–H groups in total. The van der Waals surface area contributed by atoms with Crippen molar-refractivity contribution in [3.05, 3.63) is 0 Å². The van der Waals surface area contributed by atoms with Gasteiger partial charge in [0, 0.05) is 6.42 Å². The van der Waals surface area contributed by atoms with Crippen molar-refractivity contribution in [2.24, 2.45) is 0 Å². The summed E-state index contributed by atoms with van der Waals surface area (Å²) in [6.07, 6.45) is -3.45. The normalized spacial score (nSPS) is 13.8. The number of carbonyl (C=O) groups is 2. The summed E-state index contributed by atoms with van der Waals surface area (Å²) in [4.78, 5) is 20.5. The third-order valence-corrected chi connectivity index (χ3v) is 1.26. The summed E-state index contributed by atoms with van der Waals surface area (Å²) in [5.74, 6) is -7.18. The van der Waals surface area contributed by atoms with Crippen molar-refractivity contribution in [1.29, 1.82) is 0 Å². The van der Waals surface area contributed by atoms with Crippen LogP contribution in [0.4, 0.5) is 8.78 Å². The first-order valence-corrected chi connectivity index (χ1v) is 3.56. The largest absolute Gasteiger partial charge is 0.481 e. The van der Waals surface area contributed by atoms with Gasteiger partial charge in [0.1, 0.15) is 6.42 Å². The molecule has 13 heavy (non-hydrogen) atoms. The number of hydrogen-bond donors (Lipinski definition) is 2. The van der Waals surface area contributed by atoms with E-state index in [-0.39, 0.29) is 0 Å². The Labute approximate surface area is 73.2 Å². The van der Waals surface area contributed by atoms with Gasteiger partial charge in [0.25, 0.3) is 0 Å². The minimum Gasteiger partial charge on any atom is -0.481 e. The highest BCUT2D eigenvalue weighted by Crippen LogP contribution is 2.21. The fourth-order valence-electron chi connectivity index (χ4n) is 0.706. The lowest BCUT2D eigenvalue weighted by Crippen LogP contribution is -2.33. The van der Waals surface area contributed by atoms with E-state index >= 15 is 0 Å². The van der Waals surface area contributed by atoms with E-state index in [9.17, 15) is 18.4 Å². The van der Waals surface area contributed by atoms with Crippen molar-refractivity contribution >= 4 is 11.8 Å². The fourth-order valence-corrected chi connectivity index (χ4v) is 0.706. The Bertz CT molecular complexity index is 213. The fraction of sp³-hybridized carbons (Fsp3) is 0.714. The summed E-state index contributed by atoms with van der Waals surface area (Å²) in [6.45, 7) is 1.18. The Hall–Kier alpha value is -1.04. The molecular weight excluding hydrogens is 186 g/mol. The second-order valence-corrected chi connectivity index (χ2v) is 2.75. The van der Waals surface area contributed by atoms with Gasteiger partial charge in [-0.25, -0.2) is 0 Å². The van der Waals surface area contributed by atoms with Crippen LogP contribution >= 0.6 is 0 Å². The van der Waals surface area contributed by atoms with E-state index in [1.165, 1.54) is 6.92 Å². The molecule has 0 aliphatic rings. The minimum absolute atomic E-state index is 0.736. The number of ketones is 1. The van der Waals surface area contributed by atoms with E-state index in [0.29, 0.717) is 0 Å². The van der Waals surface area contributed by atoms with Gasteiger partial charge in [0.15, 0.2) is 0 Å². The first-order valence-electron chi connectivity index (χ1n) is 3.56. The number of rotatable bonds is 5. The molecule has 0 heterocycles. The molecule has 0 aliphatic carbocycles. The van der Waals surface area contributed by atoms with E-state index in [2.05, 4.69) is 0 Å². The number of carbonyl (C=O) groups excluding carboxylic acids is 1. The summed E-state index contributed by atoms with van der Waals surface area (Å²) in [7, 11) is 0. The molecule has 0 aromatic rings. The van der Waals surface area contributed by atoms with Gasteiger partial charge >= 0.3 is 11.9 Å². The van der Waals surface area contributed by atoms with Crippen molar-refractivity contribution in [2.45, 2.75) is 31.8 Å². The van der Waals surface area contributed by atoms with Crippen molar-refractivity contribution in [2.75, 3.05) is 0 Å². The zero-order valence-electron chi connectivity index (χ0n) is 6.96. The molecule has 0 rings (SSSR count). The van der Waals surface area contributed by atoms with Crippen molar-refractivity contribution in [1.82, 2.24) is 0 Å². The van der Waals surface area contributed by atoms with Gasteiger partial charge in [-0.3, -0.25) is 9.59 Å². The van der Waals surface area contributed by atoms with Crippen LogP contribution < -0.4 is 0 Å². The third-order valence-electron chi connectivity index (χ3n) is 1.26. The number of aliphatic carboxylic acids is 1. The van der Waals surface area contributed by atoms with Gasteiger partial charge < -0.3 is 10.2 Å². The molecule has 4 nitrogen and oxygen atoms in total. The molecular formula is C7H10F2O4. The second kappa shape index (κ2) is 4.27. The smallest absolute Gasteiger partial charge is 0.315 e. The molecule has 76 valence electrons. The summed E-state index contributed by atoms with van der Waals surface area (Å²) in [6, 6.07) is 0. The Morgan fingerprint density at radius 3 is 2.23 bits per heavy atom. The van der Waals surface area contributed by atoms with E-state index in [0.717, 1.165) is 0 Å². The predicted octanol–water partition coefficient (Wildman–Crippen LogP) is 0.436. The van der Waals surface area contributed by atoms with Crippen LogP contribution in [0.3, 0.4) is 0 Å². The monoisotopic (exact) mass is 196 g/mol. The quantitative estimate of drug-likeness (QED) is 0.668. The van der Waals surface area contributed by atoms with Gasteiger partial charge in [-0.15, -0.1) is 0 Å². The predicted molar refractivity (Wildman–Crippen MR) is 38.5 cm³/mol. The third kappa shape index (κ3) is 4.51. The molecule has 1 unspecified atom stereocenters. The average Bonchev–Trinajstić information content (AvgIpc) is 1.81. The molecule has 0 aromatic heterocycles. The highest BCUT2D eigenvalue weighted by molar-refractivity contribution is 5.89. The SMILES string of the molecule is CC(O)CC(=O)C(F)(F)CC(=O)O. The van der Waals surface area contributed by atoms with Gasteiger partial charge in [0.05, 0.1) is 6.10 Å². The lowest BCUT2D eigenvalue weighted by molar-refractivity contribution is -0.157. The zero-order valence-corrected chi connectivity index (χ0v) is 6.96. The van der Waals surface area contributed by atoms with E-state index in [4.69, 9.17) is 10.2 Å². The highest BCUT2D eigenvalue weighted by Gasteiger charge is 2.40. The van der Waals surface area contributed by atoms with Crippen molar-refractivity contribution in [3.63, 3.8) is 0 Å². The van der Waals surface area contributed by atoms with Gasteiger partial charge in [-0.1, -0.05) is 0 Å². The van der Waals surface area contributed by atoms with Crippen LogP contribution in [-0.2, 0) is 9.59 Å². The summed E-state index contributed by atoms with van der Waals surface area (Å²) < 4.78 is 25.2. The van der Waals surface area contributed by atoms with Gasteiger partial charge in [0.2, 0.25) is 5.78 Å². The van der Waals surface area contributed by atoms with Crippen molar-refractivity contribution in [3.8, 4) is 0 Å². The van der Waals surface area contributed by atoms with Gasteiger partial charge in [-0.2, -0.15) is 8.78 Å². The molecule has 0 aromatic carbocycles. The summed E-state index contributed by atoms with van der Waals surface area (Å²) in [5, 5.41) is 16.7. The lowest BCUT2D eigenvalue weighted by Gasteiger charge is -2.13. The first kappa shape index (κ1) is 12.0. The zero-order chi connectivity index (χ0) is 10.6. The molecule has 0 radical (unpaired) electrons. The second-order valence-electron chi connectivity index (χ2n) is 2.75. The molecule has 1 atom stereocenters. The maximum atomic E-state index is 12.6. The van der Waals surface area contributed by atoms with Crippen LogP contribution in [-0.4, -0.2) is 34.0 Å². The molecule has 0 bridgehead atoms. The van der Waals surface area contributed by atoms with Gasteiger partial charge in [-0.05, 0) is 6.92 Å². The topological polar surface area (TPSA) is 74.6 Å². The standard InChI is InChI=1S/C7H10F2O4/c1-4(10)2-5(11)7(8,9)3-6(12)13/h4,10H,2-3H2,1H3,(H,12,13). The van der Waals surface area contributed by atoms with Crippen LogP contribution in [0.15, 0.2) is 0 Å². The molecule has 0 amide bonds. The van der Waals surface area contributed by atoms with E-state index < -0.39 is 36.6 Å². The number of carboxylic acids is 1. The Kier molecular flexibility index (Phi) is 3.93. The summed E-state index contributed by atoms with van der Waals surface area (Å²) in [5.41, 5.74) is 0. The molecule has 0 saturated carbocycles. The first-order chi connectivity index (χ1) is 5.75.